The molecular formula is C12H21N3S. The molecule has 1 aromatic rings. The molecule has 0 amide bonds. The summed E-state index contributed by atoms with van der Waals surface area (Å²) in [6, 6.07) is 0.412. The maximum atomic E-state index is 4.19. The highest BCUT2D eigenvalue weighted by molar-refractivity contribution is 7.99. The summed E-state index contributed by atoms with van der Waals surface area (Å²) in [5.41, 5.74) is 1.27. The predicted molar refractivity (Wildman–Crippen MR) is 69.7 cm³/mol. The lowest BCUT2D eigenvalue weighted by molar-refractivity contribution is 0.600. The molecule has 90 valence electrons. The SMILES string of the molecule is CC(NCCSCC1CC1)c1cnn(C)c1. The second-order valence-corrected chi connectivity index (χ2v) is 5.79. The summed E-state index contributed by atoms with van der Waals surface area (Å²) in [6.07, 6.45) is 6.95. The van der Waals surface area contributed by atoms with Crippen LogP contribution in [0.2, 0.25) is 0 Å². The number of nitrogens with one attached hydrogen (secondary N) is 1. The molecule has 1 aliphatic carbocycles. The molecule has 1 aromatic heterocycles. The fourth-order valence-corrected chi connectivity index (χ4v) is 2.76. The van der Waals surface area contributed by atoms with Crippen molar-refractivity contribution in [2.24, 2.45) is 13.0 Å². The lowest BCUT2D eigenvalue weighted by Crippen LogP contribution is -2.21. The van der Waals surface area contributed by atoms with Gasteiger partial charge in [0.2, 0.25) is 0 Å². The van der Waals surface area contributed by atoms with E-state index in [-0.39, 0.29) is 0 Å². The van der Waals surface area contributed by atoms with Crippen LogP contribution >= 0.6 is 11.8 Å². The Balaban J connectivity index is 1.57. The molecule has 0 radical (unpaired) electrons. The summed E-state index contributed by atoms with van der Waals surface area (Å²) in [5.74, 6) is 3.63. The largest absolute Gasteiger partial charge is 0.309 e. The van der Waals surface area contributed by atoms with E-state index in [1.54, 1.807) is 0 Å². The van der Waals surface area contributed by atoms with E-state index in [0.717, 1.165) is 12.5 Å². The van der Waals surface area contributed by atoms with Crippen molar-refractivity contribution in [3.8, 4) is 0 Å². The van der Waals surface area contributed by atoms with Crippen LogP contribution in [0.1, 0.15) is 31.4 Å². The first-order chi connectivity index (χ1) is 7.75. The summed E-state index contributed by atoms with van der Waals surface area (Å²) in [5, 5.41) is 7.72. The normalized spacial score (nSPS) is 17.6. The van der Waals surface area contributed by atoms with E-state index in [1.807, 2.05) is 17.9 Å². The molecule has 1 unspecified atom stereocenters. The number of hydrogen-bond acceptors (Lipinski definition) is 3. The summed E-state index contributed by atoms with van der Waals surface area (Å²) in [4.78, 5) is 0. The number of nitrogens with zero attached hydrogens (tertiary/aromatic N) is 2. The molecule has 0 bridgehead atoms. The maximum absolute atomic E-state index is 4.19. The summed E-state index contributed by atoms with van der Waals surface area (Å²) < 4.78 is 1.86. The summed E-state index contributed by atoms with van der Waals surface area (Å²) in [6.45, 7) is 3.29. The molecule has 0 aromatic carbocycles. The van der Waals surface area contributed by atoms with Crippen LogP contribution in [0.25, 0.3) is 0 Å². The van der Waals surface area contributed by atoms with Gasteiger partial charge in [0.05, 0.1) is 6.20 Å². The van der Waals surface area contributed by atoms with Crippen molar-refractivity contribution in [1.29, 1.82) is 0 Å². The average Bonchev–Trinajstić information content (AvgIpc) is 2.99. The van der Waals surface area contributed by atoms with Crippen molar-refractivity contribution in [2.75, 3.05) is 18.1 Å². The third-order valence-corrected chi connectivity index (χ3v) is 4.17. The molecule has 1 heterocycles. The van der Waals surface area contributed by atoms with Crippen molar-refractivity contribution >= 4 is 11.8 Å². The monoisotopic (exact) mass is 239 g/mol. The topological polar surface area (TPSA) is 29.9 Å². The molecule has 1 fully saturated rings. The van der Waals surface area contributed by atoms with E-state index in [4.69, 9.17) is 0 Å². The fraction of sp³-hybridized carbons (Fsp3) is 0.750. The first-order valence-electron chi connectivity index (χ1n) is 6.05. The van der Waals surface area contributed by atoms with Crippen LogP contribution in [0, 0.1) is 5.92 Å². The molecule has 1 atom stereocenters. The third kappa shape index (κ3) is 3.83. The van der Waals surface area contributed by atoms with Crippen molar-refractivity contribution in [1.82, 2.24) is 15.1 Å². The van der Waals surface area contributed by atoms with Crippen LogP contribution < -0.4 is 5.32 Å². The first kappa shape index (κ1) is 12.0. The molecule has 1 saturated carbocycles. The Hall–Kier alpha value is -0.480. The molecule has 3 nitrogen and oxygen atoms in total. The van der Waals surface area contributed by atoms with Gasteiger partial charge in [-0.25, -0.2) is 0 Å². The van der Waals surface area contributed by atoms with Gasteiger partial charge in [0, 0.05) is 37.1 Å². The number of aryl methyl sites for hydroxylation is 1. The van der Waals surface area contributed by atoms with Crippen LogP contribution in [0.4, 0.5) is 0 Å². The average molecular weight is 239 g/mol. The van der Waals surface area contributed by atoms with E-state index in [1.165, 1.54) is 29.9 Å². The standard InChI is InChI=1S/C12H21N3S/c1-10(12-7-14-15(2)8-12)13-5-6-16-9-11-3-4-11/h7-8,10-11,13H,3-6,9H2,1-2H3. The second kappa shape index (κ2) is 5.73. The van der Waals surface area contributed by atoms with Crippen LogP contribution in [-0.2, 0) is 7.05 Å². The zero-order valence-electron chi connectivity index (χ0n) is 10.1. The lowest BCUT2D eigenvalue weighted by Gasteiger charge is -2.11. The second-order valence-electron chi connectivity index (χ2n) is 4.64. The van der Waals surface area contributed by atoms with E-state index in [9.17, 15) is 0 Å². The van der Waals surface area contributed by atoms with Crippen LogP contribution in [0.3, 0.4) is 0 Å². The molecule has 2 rings (SSSR count). The predicted octanol–water partition coefficient (Wildman–Crippen LogP) is 2.21. The van der Waals surface area contributed by atoms with Gasteiger partial charge in [-0.3, -0.25) is 4.68 Å². The van der Waals surface area contributed by atoms with Gasteiger partial charge in [-0.05, 0) is 31.4 Å². The minimum absolute atomic E-state index is 0.412. The zero-order chi connectivity index (χ0) is 11.4. The van der Waals surface area contributed by atoms with Gasteiger partial charge < -0.3 is 5.32 Å². The van der Waals surface area contributed by atoms with Crippen molar-refractivity contribution in [3.05, 3.63) is 18.0 Å². The first-order valence-corrected chi connectivity index (χ1v) is 7.21. The zero-order valence-corrected chi connectivity index (χ0v) is 11.0. The molecule has 1 aliphatic rings. The minimum Gasteiger partial charge on any atom is -0.309 e. The quantitative estimate of drug-likeness (QED) is 0.740. The van der Waals surface area contributed by atoms with Gasteiger partial charge in [-0.2, -0.15) is 16.9 Å². The van der Waals surface area contributed by atoms with Gasteiger partial charge in [-0.1, -0.05) is 0 Å². The summed E-state index contributed by atoms with van der Waals surface area (Å²) in [7, 11) is 1.96. The summed E-state index contributed by atoms with van der Waals surface area (Å²) >= 11 is 2.08. The Morgan fingerprint density at radius 3 is 3.06 bits per heavy atom. The van der Waals surface area contributed by atoms with E-state index in [2.05, 4.69) is 35.3 Å². The van der Waals surface area contributed by atoms with Crippen LogP contribution in [-0.4, -0.2) is 27.8 Å². The molecule has 4 heteroatoms. The highest BCUT2D eigenvalue weighted by Gasteiger charge is 2.20. The van der Waals surface area contributed by atoms with E-state index in [0.29, 0.717) is 6.04 Å². The lowest BCUT2D eigenvalue weighted by atomic mass is 10.2. The molecule has 0 spiro atoms. The molecule has 0 saturated heterocycles. The Labute approximate surface area is 102 Å². The van der Waals surface area contributed by atoms with Gasteiger partial charge in [0.15, 0.2) is 0 Å². The van der Waals surface area contributed by atoms with Gasteiger partial charge in [0.25, 0.3) is 0 Å². The number of aromatic nitrogens is 2. The van der Waals surface area contributed by atoms with E-state index < -0.39 is 0 Å². The maximum Gasteiger partial charge on any atom is 0.0537 e. The van der Waals surface area contributed by atoms with E-state index >= 15 is 0 Å². The highest BCUT2D eigenvalue weighted by Crippen LogP contribution is 2.32. The molecule has 0 aliphatic heterocycles. The fourth-order valence-electron chi connectivity index (χ4n) is 1.66. The van der Waals surface area contributed by atoms with Gasteiger partial charge in [0.1, 0.15) is 0 Å². The molecule has 1 N–H and O–H groups in total. The van der Waals surface area contributed by atoms with Crippen LogP contribution in [0.15, 0.2) is 12.4 Å². The van der Waals surface area contributed by atoms with Gasteiger partial charge >= 0.3 is 0 Å². The Kier molecular flexibility index (Phi) is 4.29. The highest BCUT2D eigenvalue weighted by atomic mass is 32.2. The van der Waals surface area contributed by atoms with Crippen LogP contribution in [0.5, 0.6) is 0 Å². The Morgan fingerprint density at radius 1 is 1.62 bits per heavy atom. The minimum atomic E-state index is 0.412. The smallest absolute Gasteiger partial charge is 0.0537 e. The van der Waals surface area contributed by atoms with Crippen molar-refractivity contribution in [2.45, 2.75) is 25.8 Å². The molecule has 16 heavy (non-hydrogen) atoms. The number of thioether (sulfide) groups is 1. The van der Waals surface area contributed by atoms with Crippen molar-refractivity contribution in [3.63, 3.8) is 0 Å². The number of rotatable bonds is 7. The van der Waals surface area contributed by atoms with Gasteiger partial charge in [-0.15, -0.1) is 0 Å². The third-order valence-electron chi connectivity index (χ3n) is 2.97. The molecular weight excluding hydrogens is 218 g/mol. The number of hydrogen-bond donors (Lipinski definition) is 1. The Morgan fingerprint density at radius 2 is 2.44 bits per heavy atom. The van der Waals surface area contributed by atoms with Crippen molar-refractivity contribution < 1.29 is 0 Å². The Bertz CT molecular complexity index is 320.